The highest BCUT2D eigenvalue weighted by molar-refractivity contribution is 5.19. The van der Waals surface area contributed by atoms with E-state index < -0.39 is 0 Å². The predicted molar refractivity (Wildman–Crippen MR) is 55.1 cm³/mol. The third kappa shape index (κ3) is 3.58. The van der Waals surface area contributed by atoms with Crippen molar-refractivity contribution in [3.8, 4) is 5.88 Å². The van der Waals surface area contributed by atoms with Gasteiger partial charge in [-0.05, 0) is 24.5 Å². The fourth-order valence-corrected chi connectivity index (χ4v) is 1.03. The van der Waals surface area contributed by atoms with E-state index in [0.29, 0.717) is 12.5 Å². The van der Waals surface area contributed by atoms with Crippen molar-refractivity contribution < 1.29 is 9.84 Å². The van der Waals surface area contributed by atoms with Crippen LogP contribution in [0.25, 0.3) is 0 Å². The van der Waals surface area contributed by atoms with Gasteiger partial charge in [-0.1, -0.05) is 6.08 Å². The van der Waals surface area contributed by atoms with Crippen molar-refractivity contribution in [3.05, 3.63) is 36.5 Å². The number of pyridine rings is 1. The Balaban J connectivity index is 2.38. The molecule has 3 heteroatoms. The average Bonchev–Trinajstić information content (AvgIpc) is 2.25. The molecule has 0 aliphatic carbocycles. The lowest BCUT2D eigenvalue weighted by molar-refractivity contribution is 0.276. The molecule has 0 amide bonds. The van der Waals surface area contributed by atoms with Crippen LogP contribution in [0, 0.1) is 0 Å². The molecule has 0 bridgehead atoms. The molecule has 14 heavy (non-hydrogen) atoms. The minimum absolute atomic E-state index is 0.0194. The first-order valence-corrected chi connectivity index (χ1v) is 4.66. The Bertz CT molecular complexity index is 286. The molecule has 0 aliphatic heterocycles. The van der Waals surface area contributed by atoms with Gasteiger partial charge in [0.1, 0.15) is 0 Å². The first-order chi connectivity index (χ1) is 6.86. The van der Waals surface area contributed by atoms with E-state index in [-0.39, 0.29) is 6.61 Å². The second kappa shape index (κ2) is 6.16. The van der Waals surface area contributed by atoms with Crippen LogP contribution in [0.4, 0.5) is 0 Å². The van der Waals surface area contributed by atoms with E-state index in [0.717, 1.165) is 18.4 Å². The van der Waals surface area contributed by atoms with E-state index in [1.165, 1.54) is 0 Å². The van der Waals surface area contributed by atoms with Gasteiger partial charge in [-0.3, -0.25) is 0 Å². The van der Waals surface area contributed by atoms with E-state index in [1.54, 1.807) is 18.3 Å². The number of aliphatic hydroxyl groups excluding tert-OH is 1. The van der Waals surface area contributed by atoms with E-state index in [9.17, 15) is 0 Å². The second-order valence-corrected chi connectivity index (χ2v) is 2.94. The van der Waals surface area contributed by atoms with Crippen molar-refractivity contribution in [2.24, 2.45) is 0 Å². The molecule has 1 aromatic rings. The van der Waals surface area contributed by atoms with Gasteiger partial charge in [0.2, 0.25) is 5.88 Å². The van der Waals surface area contributed by atoms with Crippen LogP contribution in [0.1, 0.15) is 18.4 Å². The van der Waals surface area contributed by atoms with Crippen LogP contribution in [0.15, 0.2) is 31.0 Å². The Hall–Kier alpha value is -1.35. The normalized spacial score (nSPS) is 9.79. The first kappa shape index (κ1) is 10.7. The van der Waals surface area contributed by atoms with E-state index in [2.05, 4.69) is 11.6 Å². The summed E-state index contributed by atoms with van der Waals surface area (Å²) in [6.07, 6.45) is 5.38. The molecule has 0 saturated heterocycles. The monoisotopic (exact) mass is 193 g/mol. The number of hydrogen-bond acceptors (Lipinski definition) is 3. The molecular formula is C11H15NO2. The highest BCUT2D eigenvalue weighted by Crippen LogP contribution is 2.09. The van der Waals surface area contributed by atoms with E-state index in [4.69, 9.17) is 9.84 Å². The van der Waals surface area contributed by atoms with Crippen LogP contribution < -0.4 is 4.74 Å². The first-order valence-electron chi connectivity index (χ1n) is 4.66. The zero-order valence-corrected chi connectivity index (χ0v) is 8.15. The third-order valence-electron chi connectivity index (χ3n) is 1.78. The largest absolute Gasteiger partial charge is 0.478 e. The van der Waals surface area contributed by atoms with Gasteiger partial charge in [-0.15, -0.1) is 6.58 Å². The highest BCUT2D eigenvalue weighted by Gasteiger charge is 1.96. The fourth-order valence-electron chi connectivity index (χ4n) is 1.03. The maximum atomic E-state index is 8.88. The number of nitrogens with zero attached hydrogens (tertiary/aromatic N) is 1. The van der Waals surface area contributed by atoms with Gasteiger partial charge in [-0.2, -0.15) is 0 Å². The molecule has 3 nitrogen and oxygen atoms in total. The zero-order valence-electron chi connectivity index (χ0n) is 8.15. The van der Waals surface area contributed by atoms with Gasteiger partial charge >= 0.3 is 0 Å². The third-order valence-corrected chi connectivity index (χ3v) is 1.78. The Morgan fingerprint density at radius 2 is 2.43 bits per heavy atom. The number of unbranched alkanes of at least 4 members (excludes halogenated alkanes) is 1. The molecule has 0 spiro atoms. The van der Waals surface area contributed by atoms with Crippen LogP contribution in [-0.2, 0) is 6.61 Å². The van der Waals surface area contributed by atoms with Gasteiger partial charge in [0.15, 0.2) is 0 Å². The van der Waals surface area contributed by atoms with Crippen molar-refractivity contribution in [1.29, 1.82) is 0 Å². The second-order valence-electron chi connectivity index (χ2n) is 2.94. The quantitative estimate of drug-likeness (QED) is 0.554. The van der Waals surface area contributed by atoms with Crippen LogP contribution in [0.3, 0.4) is 0 Å². The van der Waals surface area contributed by atoms with Crippen molar-refractivity contribution >= 4 is 0 Å². The molecule has 1 aromatic heterocycles. The Morgan fingerprint density at radius 1 is 1.57 bits per heavy atom. The number of ether oxygens (including phenoxy) is 1. The topological polar surface area (TPSA) is 42.4 Å². The minimum Gasteiger partial charge on any atom is -0.478 e. The lowest BCUT2D eigenvalue weighted by Crippen LogP contribution is -1.99. The molecule has 0 aromatic carbocycles. The highest BCUT2D eigenvalue weighted by atomic mass is 16.5. The summed E-state index contributed by atoms with van der Waals surface area (Å²) in [7, 11) is 0. The molecular weight excluding hydrogens is 178 g/mol. The predicted octanol–water partition coefficient (Wildman–Crippen LogP) is 1.92. The van der Waals surface area contributed by atoms with Gasteiger partial charge in [0, 0.05) is 12.3 Å². The van der Waals surface area contributed by atoms with Gasteiger partial charge < -0.3 is 9.84 Å². The van der Waals surface area contributed by atoms with Gasteiger partial charge in [0.25, 0.3) is 0 Å². The van der Waals surface area contributed by atoms with E-state index in [1.807, 2.05) is 6.08 Å². The van der Waals surface area contributed by atoms with Crippen LogP contribution in [0.5, 0.6) is 5.88 Å². The molecule has 76 valence electrons. The maximum absolute atomic E-state index is 8.88. The Kier molecular flexibility index (Phi) is 4.72. The summed E-state index contributed by atoms with van der Waals surface area (Å²) in [6, 6.07) is 3.50. The van der Waals surface area contributed by atoms with E-state index >= 15 is 0 Å². The summed E-state index contributed by atoms with van der Waals surface area (Å²) in [4.78, 5) is 4.03. The summed E-state index contributed by atoms with van der Waals surface area (Å²) in [6.45, 7) is 4.28. The minimum atomic E-state index is 0.0194. The summed E-state index contributed by atoms with van der Waals surface area (Å²) in [5.74, 6) is 0.570. The number of allylic oxidation sites excluding steroid dienone is 1. The average molecular weight is 193 g/mol. The Labute approximate surface area is 84.1 Å². The maximum Gasteiger partial charge on any atom is 0.213 e. The smallest absolute Gasteiger partial charge is 0.213 e. The molecule has 0 radical (unpaired) electrons. The Morgan fingerprint density at radius 3 is 3.14 bits per heavy atom. The van der Waals surface area contributed by atoms with Crippen LogP contribution >= 0.6 is 0 Å². The van der Waals surface area contributed by atoms with Crippen molar-refractivity contribution in [2.45, 2.75) is 19.4 Å². The molecule has 0 unspecified atom stereocenters. The standard InChI is InChI=1S/C11H15NO2/c1-2-3-4-7-14-11-8-10(9-13)5-6-12-11/h2,5-6,8,13H,1,3-4,7,9H2. The molecule has 1 N–H and O–H groups in total. The zero-order chi connectivity index (χ0) is 10.2. The van der Waals surface area contributed by atoms with Crippen molar-refractivity contribution in [1.82, 2.24) is 4.98 Å². The summed E-state index contributed by atoms with van der Waals surface area (Å²) in [5, 5.41) is 8.88. The summed E-state index contributed by atoms with van der Waals surface area (Å²) >= 11 is 0. The lowest BCUT2D eigenvalue weighted by atomic mass is 10.3. The number of rotatable bonds is 6. The van der Waals surface area contributed by atoms with Crippen LogP contribution in [0.2, 0.25) is 0 Å². The molecule has 0 atom stereocenters. The summed E-state index contributed by atoms with van der Waals surface area (Å²) < 4.78 is 5.38. The molecule has 0 fully saturated rings. The number of hydrogen-bond donors (Lipinski definition) is 1. The summed E-state index contributed by atoms with van der Waals surface area (Å²) in [5.41, 5.74) is 0.818. The van der Waals surface area contributed by atoms with Crippen molar-refractivity contribution in [2.75, 3.05) is 6.61 Å². The fraction of sp³-hybridized carbons (Fsp3) is 0.364. The van der Waals surface area contributed by atoms with Gasteiger partial charge in [-0.25, -0.2) is 4.98 Å². The van der Waals surface area contributed by atoms with Crippen molar-refractivity contribution in [3.63, 3.8) is 0 Å². The molecule has 0 saturated carbocycles. The molecule has 0 aliphatic rings. The van der Waals surface area contributed by atoms with Crippen LogP contribution in [-0.4, -0.2) is 16.7 Å². The number of aromatic nitrogens is 1. The van der Waals surface area contributed by atoms with Gasteiger partial charge in [0.05, 0.1) is 13.2 Å². The SMILES string of the molecule is C=CCCCOc1cc(CO)ccn1. The lowest BCUT2D eigenvalue weighted by Gasteiger charge is -2.04. The number of aliphatic hydroxyl groups is 1. The molecule has 1 rings (SSSR count). The molecule has 1 heterocycles.